The zero-order chi connectivity index (χ0) is 9.98. The highest BCUT2D eigenvalue weighted by Gasteiger charge is 1.96. The van der Waals surface area contributed by atoms with E-state index in [4.69, 9.17) is 15.2 Å². The molecule has 0 saturated carbocycles. The number of nitrogens with two attached hydrogens (primary N) is 2. The van der Waals surface area contributed by atoms with Gasteiger partial charge in [0, 0.05) is 20.8 Å². The minimum atomic E-state index is -0.481. The monoisotopic (exact) mass is 176 g/mol. The zero-order valence-corrected chi connectivity index (χ0v) is 7.45. The smallest absolute Gasteiger partial charge is 0.240 e. The van der Waals surface area contributed by atoms with Crippen molar-refractivity contribution in [3.63, 3.8) is 0 Å². The van der Waals surface area contributed by atoms with E-state index in [1.54, 1.807) is 14.2 Å². The topological polar surface area (TPSA) is 87.6 Å². The molecule has 0 aliphatic carbocycles. The van der Waals surface area contributed by atoms with Gasteiger partial charge in [-0.15, -0.1) is 0 Å². The molecule has 4 N–H and O–H groups in total. The number of hydrogen-bond acceptors (Lipinski definition) is 4. The molecule has 5 nitrogen and oxygen atoms in total. The largest absolute Gasteiger partial charge is 0.366 e. The molecule has 0 spiro atoms. The summed E-state index contributed by atoms with van der Waals surface area (Å²) in [6.45, 7) is 3.50. The van der Waals surface area contributed by atoms with Crippen LogP contribution in [-0.4, -0.2) is 33.0 Å². The molecule has 0 aromatic carbocycles. The second-order valence-electron chi connectivity index (χ2n) is 1.74. The number of carbonyl (C=O) groups excluding carboxylic acids is 1. The first-order chi connectivity index (χ1) is 5.62. The fraction of sp³-hybridized carbons (Fsp3) is 0.571. The number of amides is 1. The van der Waals surface area contributed by atoms with Crippen molar-refractivity contribution >= 4 is 5.91 Å². The molecular formula is C7H16N2O3. The predicted octanol–water partition coefficient (Wildman–Crippen LogP) is -0.778. The van der Waals surface area contributed by atoms with E-state index in [0.29, 0.717) is 6.54 Å². The molecule has 0 unspecified atom stereocenters. The number of rotatable bonds is 4. The van der Waals surface area contributed by atoms with E-state index < -0.39 is 5.91 Å². The number of ether oxygens (including phenoxy) is 2. The van der Waals surface area contributed by atoms with Crippen LogP contribution in [0.4, 0.5) is 0 Å². The SMILES string of the molecule is C=CC(N)=O.COC(CN)OC. The second-order valence-corrected chi connectivity index (χ2v) is 1.74. The Hall–Kier alpha value is -0.910. The average molecular weight is 176 g/mol. The lowest BCUT2D eigenvalue weighted by molar-refractivity contribution is -0.113. The highest BCUT2D eigenvalue weighted by molar-refractivity contribution is 5.84. The van der Waals surface area contributed by atoms with Crippen molar-refractivity contribution in [1.29, 1.82) is 0 Å². The fourth-order valence-electron chi connectivity index (χ4n) is 0.289. The van der Waals surface area contributed by atoms with Crippen molar-refractivity contribution in [3.05, 3.63) is 12.7 Å². The van der Waals surface area contributed by atoms with E-state index in [-0.39, 0.29) is 6.29 Å². The Labute approximate surface area is 72.3 Å². The van der Waals surface area contributed by atoms with Crippen LogP contribution < -0.4 is 11.5 Å². The van der Waals surface area contributed by atoms with Gasteiger partial charge in [-0.05, 0) is 6.08 Å². The van der Waals surface area contributed by atoms with E-state index in [9.17, 15) is 4.79 Å². The standard InChI is InChI=1S/C4H11NO2.C3H5NO/c1-6-4(3-5)7-2;1-2-3(4)5/h4H,3,5H2,1-2H3;2H,1H2,(H2,4,5). The van der Waals surface area contributed by atoms with Crippen molar-refractivity contribution < 1.29 is 14.3 Å². The molecule has 0 bridgehead atoms. The van der Waals surface area contributed by atoms with Crippen molar-refractivity contribution in [2.75, 3.05) is 20.8 Å². The molecule has 0 saturated heterocycles. The molecule has 12 heavy (non-hydrogen) atoms. The van der Waals surface area contributed by atoms with Gasteiger partial charge in [-0.2, -0.15) is 0 Å². The Bertz CT molecular complexity index is 118. The minimum Gasteiger partial charge on any atom is -0.366 e. The first kappa shape index (κ1) is 13.7. The molecule has 1 amide bonds. The molecule has 5 heteroatoms. The third-order valence-electron chi connectivity index (χ3n) is 0.919. The molecule has 0 aliphatic heterocycles. The predicted molar refractivity (Wildman–Crippen MR) is 46.3 cm³/mol. The van der Waals surface area contributed by atoms with Gasteiger partial charge < -0.3 is 20.9 Å². The summed E-state index contributed by atoms with van der Waals surface area (Å²) in [5, 5.41) is 0. The van der Waals surface area contributed by atoms with E-state index in [1.165, 1.54) is 0 Å². The average Bonchev–Trinajstić information content (AvgIpc) is 2.09. The van der Waals surface area contributed by atoms with Crippen molar-refractivity contribution in [3.8, 4) is 0 Å². The molecule has 0 rings (SSSR count). The maximum atomic E-state index is 9.47. The van der Waals surface area contributed by atoms with Crippen LogP contribution in [0, 0.1) is 0 Å². The zero-order valence-electron chi connectivity index (χ0n) is 7.45. The van der Waals surface area contributed by atoms with Crippen molar-refractivity contribution in [1.82, 2.24) is 0 Å². The maximum absolute atomic E-state index is 9.47. The minimum absolute atomic E-state index is 0.236. The van der Waals surface area contributed by atoms with Crippen molar-refractivity contribution in [2.24, 2.45) is 11.5 Å². The van der Waals surface area contributed by atoms with E-state index in [0.717, 1.165) is 6.08 Å². The van der Waals surface area contributed by atoms with Gasteiger partial charge in [0.2, 0.25) is 5.91 Å². The number of methoxy groups -OCH3 is 2. The van der Waals surface area contributed by atoms with Crippen LogP contribution in [0.1, 0.15) is 0 Å². The Balaban J connectivity index is 0. The molecule has 0 radical (unpaired) electrons. The lowest BCUT2D eigenvalue weighted by Crippen LogP contribution is -2.23. The number of carbonyl (C=O) groups is 1. The van der Waals surface area contributed by atoms with E-state index in [1.807, 2.05) is 0 Å². The van der Waals surface area contributed by atoms with Crippen LogP contribution in [0.2, 0.25) is 0 Å². The first-order valence-corrected chi connectivity index (χ1v) is 3.29. The van der Waals surface area contributed by atoms with Gasteiger partial charge in [-0.3, -0.25) is 4.79 Å². The van der Waals surface area contributed by atoms with Gasteiger partial charge in [0.15, 0.2) is 6.29 Å². The Morgan fingerprint density at radius 2 is 1.92 bits per heavy atom. The van der Waals surface area contributed by atoms with Crippen molar-refractivity contribution in [2.45, 2.75) is 6.29 Å². The van der Waals surface area contributed by atoms with Gasteiger partial charge in [-0.1, -0.05) is 6.58 Å². The van der Waals surface area contributed by atoms with Crippen LogP contribution in [0.5, 0.6) is 0 Å². The molecule has 72 valence electrons. The van der Waals surface area contributed by atoms with Crippen LogP contribution in [0.25, 0.3) is 0 Å². The molecule has 0 heterocycles. The Kier molecular flexibility index (Phi) is 11.5. The summed E-state index contributed by atoms with van der Waals surface area (Å²) in [5.74, 6) is -0.481. The lowest BCUT2D eigenvalue weighted by Gasteiger charge is -2.08. The van der Waals surface area contributed by atoms with Gasteiger partial charge in [0.05, 0.1) is 0 Å². The summed E-state index contributed by atoms with van der Waals surface area (Å²) in [6.07, 6.45) is 0.819. The Morgan fingerprint density at radius 3 is 1.92 bits per heavy atom. The van der Waals surface area contributed by atoms with Crippen LogP contribution in [0.15, 0.2) is 12.7 Å². The molecular weight excluding hydrogens is 160 g/mol. The van der Waals surface area contributed by atoms with Crippen LogP contribution in [0.3, 0.4) is 0 Å². The summed E-state index contributed by atoms with van der Waals surface area (Å²) >= 11 is 0. The molecule has 0 fully saturated rings. The maximum Gasteiger partial charge on any atom is 0.240 e. The summed E-state index contributed by atoms with van der Waals surface area (Å²) in [6, 6.07) is 0. The van der Waals surface area contributed by atoms with Crippen LogP contribution in [-0.2, 0) is 14.3 Å². The summed E-state index contributed by atoms with van der Waals surface area (Å²) < 4.78 is 9.40. The van der Waals surface area contributed by atoms with Crippen LogP contribution >= 0.6 is 0 Å². The normalized spacial score (nSPS) is 8.67. The molecule has 0 aromatic heterocycles. The third-order valence-corrected chi connectivity index (χ3v) is 0.919. The quantitative estimate of drug-likeness (QED) is 0.434. The number of hydrogen-bond donors (Lipinski definition) is 2. The van der Waals surface area contributed by atoms with Gasteiger partial charge >= 0.3 is 0 Å². The van der Waals surface area contributed by atoms with Gasteiger partial charge in [0.1, 0.15) is 0 Å². The summed E-state index contributed by atoms with van der Waals surface area (Å²) in [7, 11) is 3.11. The first-order valence-electron chi connectivity index (χ1n) is 3.29. The van der Waals surface area contributed by atoms with E-state index >= 15 is 0 Å². The Morgan fingerprint density at radius 1 is 1.58 bits per heavy atom. The third kappa shape index (κ3) is 11.8. The summed E-state index contributed by atoms with van der Waals surface area (Å²) in [5.41, 5.74) is 9.68. The molecule has 0 atom stereocenters. The summed E-state index contributed by atoms with van der Waals surface area (Å²) in [4.78, 5) is 9.47. The van der Waals surface area contributed by atoms with E-state index in [2.05, 4.69) is 12.3 Å². The van der Waals surface area contributed by atoms with Gasteiger partial charge in [0.25, 0.3) is 0 Å². The molecule has 0 aliphatic rings. The number of primary amides is 1. The molecule has 0 aromatic rings. The highest BCUT2D eigenvalue weighted by atomic mass is 16.7. The lowest BCUT2D eigenvalue weighted by atomic mass is 10.6. The second kappa shape index (κ2) is 10.1. The van der Waals surface area contributed by atoms with Gasteiger partial charge in [-0.25, -0.2) is 0 Å². The highest BCUT2D eigenvalue weighted by Crippen LogP contribution is 1.83. The fourth-order valence-corrected chi connectivity index (χ4v) is 0.289.